The zero-order valence-corrected chi connectivity index (χ0v) is 13.0. The van der Waals surface area contributed by atoms with Gasteiger partial charge in [-0.25, -0.2) is 0 Å². The van der Waals surface area contributed by atoms with Gasteiger partial charge in [0.2, 0.25) is 0 Å². The number of aryl methyl sites for hydroxylation is 1. The summed E-state index contributed by atoms with van der Waals surface area (Å²) in [7, 11) is 1.88. The molecule has 0 radical (unpaired) electrons. The fourth-order valence-electron chi connectivity index (χ4n) is 3.26. The van der Waals surface area contributed by atoms with Gasteiger partial charge >= 0.3 is 0 Å². The molecule has 21 heavy (non-hydrogen) atoms. The molecule has 0 bridgehead atoms. The van der Waals surface area contributed by atoms with Crippen molar-refractivity contribution in [3.63, 3.8) is 0 Å². The van der Waals surface area contributed by atoms with Gasteiger partial charge in [-0.3, -0.25) is 9.48 Å². The summed E-state index contributed by atoms with van der Waals surface area (Å²) >= 11 is 5.91. The Kier molecular flexibility index (Phi) is 4.15. The number of hydrogen-bond acceptors (Lipinski definition) is 2. The predicted octanol–water partition coefficient (Wildman–Crippen LogP) is 3.20. The molecule has 2 aromatic rings. The standard InChI is InChI=1S/C16H20ClN3O/c1-19-14-9-5-4-8-13(14)15(18-19)16(21)20(11-10-17)12-6-2-3-7-12/h4-5,8-9,12H,2-3,6-7,10-11H2,1H3. The van der Waals surface area contributed by atoms with E-state index in [0.29, 0.717) is 24.2 Å². The average Bonchev–Trinajstić information content (AvgIpc) is 3.13. The smallest absolute Gasteiger partial charge is 0.275 e. The van der Waals surface area contributed by atoms with Gasteiger partial charge in [-0.15, -0.1) is 11.6 Å². The minimum atomic E-state index is 0.0133. The highest BCUT2D eigenvalue weighted by molar-refractivity contribution is 6.18. The molecule has 0 N–H and O–H groups in total. The fourth-order valence-corrected chi connectivity index (χ4v) is 3.45. The monoisotopic (exact) mass is 305 g/mol. The second-order valence-corrected chi connectivity index (χ2v) is 5.99. The number of hydrogen-bond donors (Lipinski definition) is 0. The van der Waals surface area contributed by atoms with Gasteiger partial charge in [-0.1, -0.05) is 31.0 Å². The zero-order chi connectivity index (χ0) is 14.8. The second kappa shape index (κ2) is 6.06. The van der Waals surface area contributed by atoms with E-state index in [1.165, 1.54) is 12.8 Å². The first-order valence-electron chi connectivity index (χ1n) is 7.51. The van der Waals surface area contributed by atoms with Crippen LogP contribution in [0.4, 0.5) is 0 Å². The van der Waals surface area contributed by atoms with E-state index in [1.807, 2.05) is 36.2 Å². The molecule has 0 atom stereocenters. The molecular weight excluding hydrogens is 286 g/mol. The summed E-state index contributed by atoms with van der Waals surface area (Å²) in [4.78, 5) is 14.9. The third-order valence-corrected chi connectivity index (χ3v) is 4.48. The van der Waals surface area contributed by atoms with Crippen LogP contribution in [0.1, 0.15) is 36.2 Å². The molecule has 112 valence electrons. The van der Waals surface area contributed by atoms with Crippen molar-refractivity contribution in [3.8, 4) is 0 Å². The van der Waals surface area contributed by atoms with E-state index in [9.17, 15) is 4.79 Å². The molecule has 0 saturated heterocycles. The maximum atomic E-state index is 12.9. The molecule has 1 aromatic heterocycles. The molecule has 1 amide bonds. The van der Waals surface area contributed by atoms with E-state index in [2.05, 4.69) is 5.10 Å². The van der Waals surface area contributed by atoms with E-state index in [0.717, 1.165) is 23.7 Å². The quantitative estimate of drug-likeness (QED) is 0.814. The van der Waals surface area contributed by atoms with Crippen LogP contribution in [0, 0.1) is 0 Å². The number of alkyl halides is 1. The molecule has 0 spiro atoms. The lowest BCUT2D eigenvalue weighted by Gasteiger charge is -2.27. The normalized spacial score (nSPS) is 15.7. The summed E-state index contributed by atoms with van der Waals surface area (Å²) in [6.07, 6.45) is 4.54. The number of rotatable bonds is 4. The minimum Gasteiger partial charge on any atom is -0.333 e. The van der Waals surface area contributed by atoms with Crippen molar-refractivity contribution >= 4 is 28.4 Å². The minimum absolute atomic E-state index is 0.0133. The van der Waals surface area contributed by atoms with Crippen LogP contribution in [0.15, 0.2) is 24.3 Å². The number of fused-ring (bicyclic) bond motifs is 1. The van der Waals surface area contributed by atoms with Crippen molar-refractivity contribution in [3.05, 3.63) is 30.0 Å². The highest BCUT2D eigenvalue weighted by atomic mass is 35.5. The van der Waals surface area contributed by atoms with Crippen LogP contribution >= 0.6 is 11.6 Å². The van der Waals surface area contributed by atoms with Crippen LogP contribution < -0.4 is 0 Å². The Morgan fingerprint density at radius 2 is 2.10 bits per heavy atom. The third kappa shape index (κ3) is 2.64. The molecule has 1 aliphatic rings. The summed E-state index contributed by atoms with van der Waals surface area (Å²) < 4.78 is 1.77. The number of amides is 1. The zero-order valence-electron chi connectivity index (χ0n) is 12.3. The van der Waals surface area contributed by atoms with Gasteiger partial charge in [0.15, 0.2) is 5.69 Å². The molecule has 1 aliphatic carbocycles. The second-order valence-electron chi connectivity index (χ2n) is 5.62. The van der Waals surface area contributed by atoms with E-state index in [-0.39, 0.29) is 5.91 Å². The van der Waals surface area contributed by atoms with Crippen LogP contribution in [0.3, 0.4) is 0 Å². The number of para-hydroxylation sites is 1. The molecule has 1 heterocycles. The fraction of sp³-hybridized carbons (Fsp3) is 0.500. The Labute approximate surface area is 129 Å². The molecule has 1 fully saturated rings. The Hall–Kier alpha value is -1.55. The lowest BCUT2D eigenvalue weighted by molar-refractivity contribution is 0.0690. The van der Waals surface area contributed by atoms with Crippen LogP contribution in [0.2, 0.25) is 0 Å². The van der Waals surface area contributed by atoms with E-state index < -0.39 is 0 Å². The topological polar surface area (TPSA) is 38.1 Å². The molecule has 5 heteroatoms. The lowest BCUT2D eigenvalue weighted by Crippen LogP contribution is -2.40. The molecule has 0 unspecified atom stereocenters. The van der Waals surface area contributed by atoms with Gasteiger partial charge in [0.25, 0.3) is 5.91 Å². The first-order valence-corrected chi connectivity index (χ1v) is 8.04. The average molecular weight is 306 g/mol. The number of halogens is 1. The maximum absolute atomic E-state index is 12.9. The summed E-state index contributed by atoms with van der Waals surface area (Å²) in [6.45, 7) is 0.593. The van der Waals surface area contributed by atoms with Gasteiger partial charge in [0.05, 0.1) is 5.52 Å². The summed E-state index contributed by atoms with van der Waals surface area (Å²) in [5.41, 5.74) is 1.53. The molecule has 0 aliphatic heterocycles. The summed E-state index contributed by atoms with van der Waals surface area (Å²) in [6, 6.07) is 8.18. The van der Waals surface area contributed by atoms with Crippen LogP contribution in [-0.2, 0) is 7.05 Å². The van der Waals surface area contributed by atoms with E-state index in [1.54, 1.807) is 4.68 Å². The van der Waals surface area contributed by atoms with E-state index in [4.69, 9.17) is 11.6 Å². The molecule has 3 rings (SSSR count). The van der Waals surface area contributed by atoms with Crippen molar-refractivity contribution in [1.82, 2.24) is 14.7 Å². The first-order chi connectivity index (χ1) is 10.2. The van der Waals surface area contributed by atoms with Crippen molar-refractivity contribution in [2.45, 2.75) is 31.7 Å². The van der Waals surface area contributed by atoms with Crippen molar-refractivity contribution in [2.24, 2.45) is 7.05 Å². The highest BCUT2D eigenvalue weighted by Gasteiger charge is 2.29. The highest BCUT2D eigenvalue weighted by Crippen LogP contribution is 2.26. The Bertz CT molecular complexity index is 646. The van der Waals surface area contributed by atoms with Gasteiger partial charge in [-0.05, 0) is 18.9 Å². The number of benzene rings is 1. The van der Waals surface area contributed by atoms with Gasteiger partial charge in [0, 0.05) is 30.9 Å². The number of carbonyl (C=O) groups excluding carboxylic acids is 1. The largest absolute Gasteiger partial charge is 0.333 e. The van der Waals surface area contributed by atoms with E-state index >= 15 is 0 Å². The number of carbonyl (C=O) groups is 1. The van der Waals surface area contributed by atoms with Crippen molar-refractivity contribution in [1.29, 1.82) is 0 Å². The lowest BCUT2D eigenvalue weighted by atomic mass is 10.1. The van der Waals surface area contributed by atoms with Crippen molar-refractivity contribution in [2.75, 3.05) is 12.4 Å². The first kappa shape index (κ1) is 14.4. The Morgan fingerprint density at radius 3 is 2.81 bits per heavy atom. The van der Waals surface area contributed by atoms with Crippen LogP contribution in [0.25, 0.3) is 10.9 Å². The maximum Gasteiger partial charge on any atom is 0.275 e. The number of nitrogens with zero attached hydrogens (tertiary/aromatic N) is 3. The van der Waals surface area contributed by atoms with Crippen molar-refractivity contribution < 1.29 is 4.79 Å². The summed E-state index contributed by atoms with van der Waals surface area (Å²) in [5.74, 6) is 0.479. The van der Waals surface area contributed by atoms with Gasteiger partial charge in [-0.2, -0.15) is 5.10 Å². The molecule has 4 nitrogen and oxygen atoms in total. The van der Waals surface area contributed by atoms with Gasteiger partial charge < -0.3 is 4.90 Å². The Morgan fingerprint density at radius 1 is 1.38 bits per heavy atom. The van der Waals surface area contributed by atoms with Crippen LogP contribution in [-0.4, -0.2) is 39.1 Å². The predicted molar refractivity (Wildman–Crippen MR) is 84.7 cm³/mol. The Balaban J connectivity index is 1.97. The molecular formula is C16H20ClN3O. The summed E-state index contributed by atoms with van der Waals surface area (Å²) in [5, 5.41) is 5.37. The molecule has 1 saturated carbocycles. The number of aromatic nitrogens is 2. The third-order valence-electron chi connectivity index (χ3n) is 4.31. The van der Waals surface area contributed by atoms with Crippen LogP contribution in [0.5, 0.6) is 0 Å². The molecule has 1 aromatic carbocycles. The SMILES string of the molecule is Cn1nc(C(=O)N(CCCl)C2CCCC2)c2ccccc21. The van der Waals surface area contributed by atoms with Gasteiger partial charge in [0.1, 0.15) is 0 Å².